The van der Waals surface area contributed by atoms with Crippen LogP contribution in [0.5, 0.6) is 0 Å². The molecule has 1 amide bonds. The van der Waals surface area contributed by atoms with Crippen LogP contribution in [0.2, 0.25) is 0 Å². The lowest BCUT2D eigenvalue weighted by atomic mass is 10.1. The molecule has 1 saturated heterocycles. The summed E-state index contributed by atoms with van der Waals surface area (Å²) in [6.45, 7) is 3.99. The van der Waals surface area contributed by atoms with E-state index in [1.165, 1.54) is 11.0 Å². The van der Waals surface area contributed by atoms with E-state index in [4.69, 9.17) is 5.73 Å². The molecule has 0 spiro atoms. The molecule has 0 radical (unpaired) electrons. The van der Waals surface area contributed by atoms with E-state index in [-0.39, 0.29) is 24.1 Å². The maximum atomic E-state index is 11.8. The summed E-state index contributed by atoms with van der Waals surface area (Å²) in [5.74, 6) is -0.153. The first-order chi connectivity index (χ1) is 8.41. The molecule has 1 heterocycles. The van der Waals surface area contributed by atoms with Crippen molar-refractivity contribution in [3.63, 3.8) is 0 Å². The summed E-state index contributed by atoms with van der Waals surface area (Å²) < 4.78 is 0. The van der Waals surface area contributed by atoms with Crippen molar-refractivity contribution in [3.05, 3.63) is 33.4 Å². The van der Waals surface area contributed by atoms with Crippen molar-refractivity contribution in [2.24, 2.45) is 5.73 Å². The number of carbonyl (C=O) groups is 1. The van der Waals surface area contributed by atoms with E-state index in [9.17, 15) is 14.9 Å². The van der Waals surface area contributed by atoms with Gasteiger partial charge in [0, 0.05) is 25.1 Å². The maximum absolute atomic E-state index is 11.8. The van der Waals surface area contributed by atoms with Crippen LogP contribution >= 0.6 is 0 Å². The first-order valence-corrected chi connectivity index (χ1v) is 5.72. The van der Waals surface area contributed by atoms with Gasteiger partial charge >= 0.3 is 0 Å². The molecular formula is C12H15N3O3. The highest BCUT2D eigenvalue weighted by Gasteiger charge is 2.33. The van der Waals surface area contributed by atoms with Gasteiger partial charge in [0.15, 0.2) is 0 Å². The number of hydrogen-bond acceptors (Lipinski definition) is 4. The summed E-state index contributed by atoms with van der Waals surface area (Å²) in [5.41, 5.74) is 7.76. The van der Waals surface area contributed by atoms with E-state index in [1.807, 2.05) is 6.92 Å². The highest BCUT2D eigenvalue weighted by molar-refractivity contribution is 5.99. The number of nitro benzene ring substituents is 1. The minimum Gasteiger partial charge on any atom is -0.326 e. The van der Waals surface area contributed by atoms with Crippen molar-refractivity contribution in [2.75, 3.05) is 11.4 Å². The Hall–Kier alpha value is -1.95. The normalized spacial score (nSPS) is 19.4. The number of carbonyl (C=O) groups excluding carboxylic acids is 1. The van der Waals surface area contributed by atoms with Crippen molar-refractivity contribution < 1.29 is 9.72 Å². The second-order valence-corrected chi connectivity index (χ2v) is 4.60. The highest BCUT2D eigenvalue weighted by atomic mass is 16.6. The molecule has 6 heteroatoms. The summed E-state index contributed by atoms with van der Waals surface area (Å²) in [6.07, 6.45) is 0.241. The number of aryl methyl sites for hydroxylation is 1. The van der Waals surface area contributed by atoms with Crippen molar-refractivity contribution in [1.29, 1.82) is 0 Å². The molecule has 1 aromatic rings. The summed E-state index contributed by atoms with van der Waals surface area (Å²) in [4.78, 5) is 23.9. The number of amides is 1. The summed E-state index contributed by atoms with van der Waals surface area (Å²) >= 11 is 0. The van der Waals surface area contributed by atoms with Gasteiger partial charge in [-0.25, -0.2) is 0 Å². The van der Waals surface area contributed by atoms with Gasteiger partial charge in [-0.15, -0.1) is 0 Å². The fourth-order valence-electron chi connectivity index (χ4n) is 2.23. The molecule has 1 unspecified atom stereocenters. The molecule has 0 bridgehead atoms. The van der Waals surface area contributed by atoms with E-state index in [0.717, 1.165) is 11.1 Å². The third-order valence-electron chi connectivity index (χ3n) is 3.30. The zero-order chi connectivity index (χ0) is 13.4. The fraction of sp³-hybridized carbons (Fsp3) is 0.417. The van der Waals surface area contributed by atoms with Gasteiger partial charge in [-0.1, -0.05) is 6.07 Å². The Labute approximate surface area is 105 Å². The Morgan fingerprint density at radius 2 is 2.11 bits per heavy atom. The van der Waals surface area contributed by atoms with Crippen molar-refractivity contribution in [1.82, 2.24) is 0 Å². The topological polar surface area (TPSA) is 89.5 Å². The number of rotatable bonds is 2. The zero-order valence-corrected chi connectivity index (χ0v) is 10.3. The van der Waals surface area contributed by atoms with Gasteiger partial charge in [0.05, 0.1) is 4.92 Å². The largest absolute Gasteiger partial charge is 0.326 e. The van der Waals surface area contributed by atoms with Crippen LogP contribution in [0.15, 0.2) is 12.1 Å². The van der Waals surface area contributed by atoms with E-state index < -0.39 is 4.92 Å². The van der Waals surface area contributed by atoms with Crippen LogP contribution in [0.1, 0.15) is 17.5 Å². The quantitative estimate of drug-likeness (QED) is 0.631. The van der Waals surface area contributed by atoms with Gasteiger partial charge in [-0.05, 0) is 25.0 Å². The van der Waals surface area contributed by atoms with E-state index in [1.54, 1.807) is 13.0 Å². The first-order valence-electron chi connectivity index (χ1n) is 5.72. The first kappa shape index (κ1) is 12.5. The smallest absolute Gasteiger partial charge is 0.293 e. The lowest BCUT2D eigenvalue weighted by molar-refractivity contribution is -0.384. The third-order valence-corrected chi connectivity index (χ3v) is 3.30. The molecular weight excluding hydrogens is 234 g/mol. The molecule has 0 saturated carbocycles. The van der Waals surface area contributed by atoms with E-state index in [2.05, 4.69) is 0 Å². The maximum Gasteiger partial charge on any atom is 0.293 e. The number of hydrogen-bond donors (Lipinski definition) is 1. The average molecular weight is 249 g/mol. The van der Waals surface area contributed by atoms with Crippen LogP contribution in [-0.2, 0) is 4.79 Å². The Kier molecular flexibility index (Phi) is 3.04. The Morgan fingerprint density at radius 1 is 1.44 bits per heavy atom. The molecule has 2 N–H and O–H groups in total. The monoisotopic (exact) mass is 249 g/mol. The van der Waals surface area contributed by atoms with Crippen molar-refractivity contribution in [3.8, 4) is 0 Å². The molecule has 6 nitrogen and oxygen atoms in total. The molecule has 0 aliphatic carbocycles. The van der Waals surface area contributed by atoms with Gasteiger partial charge in [0.25, 0.3) is 5.69 Å². The van der Waals surface area contributed by atoms with Crippen LogP contribution in [0.3, 0.4) is 0 Å². The predicted molar refractivity (Wildman–Crippen MR) is 67.5 cm³/mol. The standard InChI is InChI=1S/C12H15N3O3/c1-7-3-4-10(15(17)18)12(8(7)2)14-6-9(13)5-11(14)16/h3-4,9H,5-6,13H2,1-2H3. The highest BCUT2D eigenvalue weighted by Crippen LogP contribution is 2.35. The second-order valence-electron chi connectivity index (χ2n) is 4.60. The van der Waals surface area contributed by atoms with Gasteiger partial charge in [0.1, 0.15) is 5.69 Å². The van der Waals surface area contributed by atoms with Crippen LogP contribution in [-0.4, -0.2) is 23.4 Å². The van der Waals surface area contributed by atoms with E-state index >= 15 is 0 Å². The molecule has 1 fully saturated rings. The average Bonchev–Trinajstić information content (AvgIpc) is 2.61. The van der Waals surface area contributed by atoms with Gasteiger partial charge in [-0.2, -0.15) is 0 Å². The number of benzene rings is 1. The fourth-order valence-corrected chi connectivity index (χ4v) is 2.23. The summed E-state index contributed by atoms with van der Waals surface area (Å²) in [5, 5.41) is 11.1. The lowest BCUT2D eigenvalue weighted by Gasteiger charge is -2.19. The lowest BCUT2D eigenvalue weighted by Crippen LogP contribution is -2.29. The van der Waals surface area contributed by atoms with Crippen LogP contribution in [0.4, 0.5) is 11.4 Å². The van der Waals surface area contributed by atoms with E-state index in [0.29, 0.717) is 12.2 Å². The SMILES string of the molecule is Cc1ccc([N+](=O)[O-])c(N2CC(N)CC2=O)c1C. The molecule has 1 aromatic carbocycles. The van der Waals surface area contributed by atoms with Crippen molar-refractivity contribution in [2.45, 2.75) is 26.3 Å². The van der Waals surface area contributed by atoms with Crippen LogP contribution in [0.25, 0.3) is 0 Å². The van der Waals surface area contributed by atoms with Crippen LogP contribution in [0, 0.1) is 24.0 Å². The molecule has 1 atom stereocenters. The Morgan fingerprint density at radius 3 is 2.61 bits per heavy atom. The summed E-state index contributed by atoms with van der Waals surface area (Å²) in [6, 6.07) is 2.88. The van der Waals surface area contributed by atoms with Gasteiger partial charge < -0.3 is 10.6 Å². The number of nitrogens with zero attached hydrogens (tertiary/aromatic N) is 2. The molecule has 1 aliphatic rings. The Bertz CT molecular complexity index is 528. The second kappa shape index (κ2) is 4.38. The number of anilines is 1. The van der Waals surface area contributed by atoms with Gasteiger partial charge in [0.2, 0.25) is 5.91 Å². The molecule has 1 aliphatic heterocycles. The minimum absolute atomic E-state index is 0.0412. The Balaban J connectivity index is 2.58. The minimum atomic E-state index is -0.459. The molecule has 96 valence electrons. The van der Waals surface area contributed by atoms with Crippen molar-refractivity contribution >= 4 is 17.3 Å². The zero-order valence-electron chi connectivity index (χ0n) is 10.3. The molecule has 0 aromatic heterocycles. The number of nitrogens with two attached hydrogens (primary N) is 1. The molecule has 18 heavy (non-hydrogen) atoms. The number of nitro groups is 1. The predicted octanol–water partition coefficient (Wildman–Crippen LogP) is 1.28. The molecule has 2 rings (SSSR count). The third kappa shape index (κ3) is 1.95. The van der Waals surface area contributed by atoms with Crippen LogP contribution < -0.4 is 10.6 Å². The van der Waals surface area contributed by atoms with Gasteiger partial charge in [-0.3, -0.25) is 14.9 Å². The summed E-state index contributed by atoms with van der Waals surface area (Å²) in [7, 11) is 0.